The number of alkyl halides is 6. The molecule has 0 aliphatic carbocycles. The highest BCUT2D eigenvalue weighted by Crippen LogP contribution is 2.43. The quantitative estimate of drug-likeness (QED) is 0.587. The Morgan fingerprint density at radius 2 is 1.26 bits per heavy atom. The molecule has 0 fully saturated rings. The summed E-state index contributed by atoms with van der Waals surface area (Å²) < 4.78 is 75.7. The van der Waals surface area contributed by atoms with Crippen molar-refractivity contribution in [3.8, 4) is 0 Å². The Kier molecular flexibility index (Phi) is 7.39. The minimum Gasteiger partial charge on any atom is -0.794 e. The van der Waals surface area contributed by atoms with Gasteiger partial charge in [-0.05, 0) is 6.42 Å². The van der Waals surface area contributed by atoms with Crippen molar-refractivity contribution in [1.29, 1.82) is 0 Å². The van der Waals surface area contributed by atoms with Crippen molar-refractivity contribution < 1.29 is 40.7 Å². The molecule has 0 aromatic rings. The van der Waals surface area contributed by atoms with Crippen molar-refractivity contribution in [3.05, 3.63) is 0 Å². The van der Waals surface area contributed by atoms with E-state index in [4.69, 9.17) is 0 Å². The van der Waals surface area contributed by atoms with Crippen LogP contribution < -0.4 is 5.11 Å². The Morgan fingerprint density at radius 1 is 0.947 bits per heavy atom. The highest BCUT2D eigenvalue weighted by molar-refractivity contribution is 4.84. The number of hydrogen-bond acceptors (Lipinski definition) is 2. The Hall–Kier alpha value is -0.540. The molecule has 9 heteroatoms. The molecule has 0 aromatic heterocycles. The van der Waals surface area contributed by atoms with Crippen LogP contribution in [-0.2, 0) is 4.74 Å². The van der Waals surface area contributed by atoms with Crippen LogP contribution >= 0.6 is 0 Å². The lowest BCUT2D eigenvalue weighted by Gasteiger charge is -2.37. The predicted molar refractivity (Wildman–Crippen MR) is 55.0 cm³/mol. The van der Waals surface area contributed by atoms with Crippen molar-refractivity contribution >= 4 is 0 Å². The molecule has 19 heavy (non-hydrogen) atoms. The highest BCUT2D eigenvalue weighted by atomic mass is 19.4. The Labute approximate surface area is 108 Å². The van der Waals surface area contributed by atoms with Crippen LogP contribution in [0.2, 0.25) is 0 Å². The standard InChI is InChI=1S/C6H7F6O2.C4H12N/c1-2-3-14-4(7,5(8,9)10)6(11,12)13;1-5(2,3)4/h2-3H2,1H3;1-4H3/q-1;+1. The number of ether oxygens (including phenoxy) is 1. The third-order valence-electron chi connectivity index (χ3n) is 1.24. The zero-order valence-electron chi connectivity index (χ0n) is 11.4. The van der Waals surface area contributed by atoms with Crippen LogP contribution in [0.25, 0.3) is 0 Å². The number of nitrogens with zero attached hydrogens (tertiary/aromatic N) is 1. The highest BCUT2D eigenvalue weighted by Gasteiger charge is 2.67. The Balaban J connectivity index is 0. The fraction of sp³-hybridized carbons (Fsp3) is 1.00. The molecule has 3 nitrogen and oxygen atoms in total. The lowest BCUT2D eigenvalue weighted by atomic mass is 10.2. The van der Waals surface area contributed by atoms with Gasteiger partial charge in [-0.1, -0.05) is 6.92 Å². The van der Waals surface area contributed by atoms with Gasteiger partial charge in [-0.3, -0.25) is 0 Å². The molecule has 0 N–H and O–H groups in total. The second-order valence-electron chi connectivity index (χ2n) is 5.14. The molecule has 0 saturated carbocycles. The van der Waals surface area contributed by atoms with Crippen LogP contribution in [0.1, 0.15) is 13.3 Å². The number of quaternary nitrogens is 1. The number of halogens is 6. The van der Waals surface area contributed by atoms with E-state index >= 15 is 0 Å². The summed E-state index contributed by atoms with van der Waals surface area (Å²) in [6.45, 7) is 0.355. The Bertz CT molecular complexity index is 236. The maximum absolute atomic E-state index is 12.6. The monoisotopic (exact) mass is 299 g/mol. The molecule has 118 valence electrons. The van der Waals surface area contributed by atoms with Crippen molar-refractivity contribution in [2.45, 2.75) is 31.5 Å². The fourth-order valence-corrected chi connectivity index (χ4v) is 0.574. The molecule has 1 atom stereocenters. The maximum atomic E-state index is 12.6. The van der Waals surface area contributed by atoms with Gasteiger partial charge >= 0.3 is 12.0 Å². The van der Waals surface area contributed by atoms with E-state index in [1.54, 1.807) is 0 Å². The fourth-order valence-electron chi connectivity index (χ4n) is 0.574. The van der Waals surface area contributed by atoms with E-state index in [2.05, 4.69) is 32.9 Å². The van der Waals surface area contributed by atoms with Crippen molar-refractivity contribution in [2.24, 2.45) is 0 Å². The molecule has 0 spiro atoms. The van der Waals surface area contributed by atoms with Gasteiger partial charge in [0.25, 0.3) is 6.11 Å². The summed E-state index contributed by atoms with van der Waals surface area (Å²) in [5, 5.41) is 9.72. The lowest BCUT2D eigenvalue weighted by molar-refractivity contribution is -0.849. The van der Waals surface area contributed by atoms with E-state index in [0.717, 1.165) is 4.48 Å². The van der Waals surface area contributed by atoms with Gasteiger partial charge < -0.3 is 14.3 Å². The van der Waals surface area contributed by atoms with Crippen LogP contribution in [0.5, 0.6) is 0 Å². The predicted octanol–water partition coefficient (Wildman–Crippen LogP) is 1.92. The summed E-state index contributed by atoms with van der Waals surface area (Å²) >= 11 is 0. The summed E-state index contributed by atoms with van der Waals surface area (Å²) in [6.07, 6.45) is -12.1. The minimum absolute atomic E-state index is 0.127. The number of hydrogen-bond donors (Lipinski definition) is 0. The molecule has 0 aromatic carbocycles. The third-order valence-corrected chi connectivity index (χ3v) is 1.24. The van der Waals surface area contributed by atoms with E-state index in [-0.39, 0.29) is 6.42 Å². The van der Waals surface area contributed by atoms with E-state index in [1.165, 1.54) is 6.92 Å². The van der Waals surface area contributed by atoms with Gasteiger partial charge in [0.1, 0.15) is 0 Å². The molecule has 0 aliphatic rings. The molecule has 0 rings (SSSR count). The zero-order chi connectivity index (χ0) is 16.1. The van der Waals surface area contributed by atoms with Gasteiger partial charge in [-0.2, -0.15) is 17.6 Å². The van der Waals surface area contributed by atoms with Crippen molar-refractivity contribution in [1.82, 2.24) is 0 Å². The molecule has 1 unspecified atom stereocenters. The lowest BCUT2D eigenvalue weighted by Crippen LogP contribution is -2.63. The number of rotatable bonds is 4. The second kappa shape index (κ2) is 6.76. The van der Waals surface area contributed by atoms with Gasteiger partial charge in [0.15, 0.2) is 0 Å². The molecular weight excluding hydrogens is 280 g/mol. The molecule has 0 amide bonds. The maximum Gasteiger partial charge on any atom is 0.453 e. The topological polar surface area (TPSA) is 32.3 Å². The van der Waals surface area contributed by atoms with Crippen LogP contribution in [0, 0.1) is 0 Å². The van der Waals surface area contributed by atoms with Crippen molar-refractivity contribution in [2.75, 3.05) is 34.8 Å². The first-order chi connectivity index (χ1) is 8.06. The summed E-state index contributed by atoms with van der Waals surface area (Å²) in [6, 6.07) is 0. The van der Waals surface area contributed by atoms with Gasteiger partial charge in [-0.15, -0.1) is 0 Å². The van der Waals surface area contributed by atoms with Crippen LogP contribution in [0.4, 0.5) is 26.3 Å². The summed E-state index contributed by atoms with van der Waals surface area (Å²) in [5.74, 6) is -5.46. The van der Waals surface area contributed by atoms with Crippen LogP contribution in [0.3, 0.4) is 0 Å². The zero-order valence-corrected chi connectivity index (χ0v) is 11.4. The van der Waals surface area contributed by atoms with Crippen LogP contribution in [-0.4, -0.2) is 57.4 Å². The van der Waals surface area contributed by atoms with Gasteiger partial charge in [0, 0.05) is 0 Å². The van der Waals surface area contributed by atoms with E-state index in [0.29, 0.717) is 0 Å². The molecule has 0 aliphatic heterocycles. The Morgan fingerprint density at radius 3 is 1.42 bits per heavy atom. The van der Waals surface area contributed by atoms with E-state index in [1.807, 2.05) is 0 Å². The average molecular weight is 299 g/mol. The van der Waals surface area contributed by atoms with Gasteiger partial charge in [0.05, 0.1) is 34.8 Å². The van der Waals surface area contributed by atoms with Gasteiger partial charge in [-0.25, -0.2) is 8.78 Å². The normalized spacial score (nSPS) is 16.4. The summed E-state index contributed by atoms with van der Waals surface area (Å²) in [4.78, 5) is 0. The smallest absolute Gasteiger partial charge is 0.453 e. The van der Waals surface area contributed by atoms with Crippen LogP contribution in [0.15, 0.2) is 0 Å². The van der Waals surface area contributed by atoms with E-state index < -0.39 is 24.7 Å². The first-order valence-electron chi connectivity index (χ1n) is 5.33. The average Bonchev–Trinajstić information content (AvgIpc) is 2.07. The third kappa shape index (κ3) is 8.27. The molecule has 0 heterocycles. The van der Waals surface area contributed by atoms with E-state index in [9.17, 15) is 31.4 Å². The van der Waals surface area contributed by atoms with Gasteiger partial charge in [0.2, 0.25) is 0 Å². The first kappa shape index (κ1) is 20.8. The van der Waals surface area contributed by atoms with Crippen molar-refractivity contribution in [3.63, 3.8) is 0 Å². The molecule has 0 bridgehead atoms. The molecule has 0 radical (unpaired) electrons. The molecular formula is C10H19F6NO2. The second-order valence-corrected chi connectivity index (χ2v) is 5.14. The SMILES string of the molecule is CCCOC(F)(C([O-])(F)F)C(F)(F)F.C[N+](C)(C)C. The summed E-state index contributed by atoms with van der Waals surface area (Å²) in [5.41, 5.74) is 0. The minimum atomic E-state index is -6.06. The first-order valence-corrected chi connectivity index (χ1v) is 5.33. The summed E-state index contributed by atoms with van der Waals surface area (Å²) in [7, 11) is 8.50. The molecule has 0 saturated heterocycles. The largest absolute Gasteiger partial charge is 0.794 e.